The van der Waals surface area contributed by atoms with Crippen LogP contribution in [0.4, 0.5) is 0 Å². The van der Waals surface area contributed by atoms with E-state index in [1.807, 2.05) is 26.8 Å². The second kappa shape index (κ2) is 7.63. The van der Waals surface area contributed by atoms with E-state index < -0.39 is 10.0 Å². The molecule has 0 aliphatic rings. The van der Waals surface area contributed by atoms with Crippen molar-refractivity contribution in [1.82, 2.24) is 8.87 Å². The van der Waals surface area contributed by atoms with E-state index >= 15 is 0 Å². The number of rotatable bonds is 5. The highest BCUT2D eigenvalue weighted by molar-refractivity contribution is 14.1. The molecule has 0 unspecified atom stereocenters. The van der Waals surface area contributed by atoms with Gasteiger partial charge in [0.05, 0.1) is 16.0 Å². The number of benzene rings is 2. The molecule has 0 aliphatic heterocycles. The summed E-state index contributed by atoms with van der Waals surface area (Å²) in [4.78, 5) is 14.9. The SMILES string of the molecule is CCN(CC)C(=O)c1cn(S(=O)(=O)c2ccc(C)cc2)c2cccc(I)c12. The number of hydrogen-bond acceptors (Lipinski definition) is 3. The number of hydrogen-bond donors (Lipinski definition) is 0. The summed E-state index contributed by atoms with van der Waals surface area (Å²) < 4.78 is 28.6. The maximum Gasteiger partial charge on any atom is 0.268 e. The number of aryl methyl sites for hydroxylation is 1. The van der Waals surface area contributed by atoms with E-state index in [0.29, 0.717) is 29.6 Å². The van der Waals surface area contributed by atoms with Gasteiger partial charge in [0, 0.05) is 28.2 Å². The molecule has 0 aliphatic carbocycles. The Morgan fingerprint density at radius 3 is 2.30 bits per heavy atom. The Balaban J connectivity index is 2.28. The standard InChI is InChI=1S/C20H21IN2O3S/c1-4-22(5-2)20(24)16-13-23(18-8-6-7-17(21)19(16)18)27(25,26)15-11-9-14(3)10-12-15/h6-13H,4-5H2,1-3H3. The number of halogens is 1. The Morgan fingerprint density at radius 2 is 1.70 bits per heavy atom. The van der Waals surface area contributed by atoms with Crippen LogP contribution in [0.2, 0.25) is 0 Å². The minimum absolute atomic E-state index is 0.160. The first-order valence-electron chi connectivity index (χ1n) is 8.72. The molecule has 0 spiro atoms. The summed E-state index contributed by atoms with van der Waals surface area (Å²) in [5.74, 6) is -0.160. The van der Waals surface area contributed by atoms with Crippen LogP contribution in [0.3, 0.4) is 0 Å². The summed E-state index contributed by atoms with van der Waals surface area (Å²) in [7, 11) is -3.81. The minimum Gasteiger partial charge on any atom is -0.339 e. The Bertz CT molecular complexity index is 1100. The van der Waals surface area contributed by atoms with E-state index in [9.17, 15) is 13.2 Å². The highest BCUT2D eigenvalue weighted by atomic mass is 127. The Hall–Kier alpha value is -1.87. The van der Waals surface area contributed by atoms with Crippen molar-refractivity contribution < 1.29 is 13.2 Å². The molecule has 7 heteroatoms. The predicted octanol–water partition coefficient (Wildman–Crippen LogP) is 4.27. The first-order valence-corrected chi connectivity index (χ1v) is 11.2. The minimum atomic E-state index is -3.81. The fraction of sp³-hybridized carbons (Fsp3) is 0.250. The number of carbonyl (C=O) groups excluding carboxylic acids is 1. The molecule has 5 nitrogen and oxygen atoms in total. The zero-order valence-corrected chi connectivity index (χ0v) is 18.4. The van der Waals surface area contributed by atoms with Crippen molar-refractivity contribution >= 4 is 49.4 Å². The molecule has 3 rings (SSSR count). The molecule has 1 heterocycles. The van der Waals surface area contributed by atoms with Crippen LogP contribution >= 0.6 is 22.6 Å². The van der Waals surface area contributed by atoms with E-state index in [4.69, 9.17) is 0 Å². The summed E-state index contributed by atoms with van der Waals surface area (Å²) in [6.07, 6.45) is 1.46. The molecule has 0 saturated carbocycles. The molecular formula is C20H21IN2O3S. The Labute approximate surface area is 173 Å². The van der Waals surface area contributed by atoms with E-state index in [0.717, 1.165) is 9.13 Å². The zero-order valence-electron chi connectivity index (χ0n) is 15.4. The molecule has 27 heavy (non-hydrogen) atoms. The van der Waals surface area contributed by atoms with Gasteiger partial charge in [0.1, 0.15) is 0 Å². The summed E-state index contributed by atoms with van der Waals surface area (Å²) in [6.45, 7) is 6.86. The van der Waals surface area contributed by atoms with Crippen LogP contribution in [-0.4, -0.2) is 36.3 Å². The number of aromatic nitrogens is 1. The first-order chi connectivity index (χ1) is 12.8. The molecular weight excluding hydrogens is 475 g/mol. The quantitative estimate of drug-likeness (QED) is 0.496. The average Bonchev–Trinajstić information content (AvgIpc) is 3.05. The molecule has 0 atom stereocenters. The third-order valence-electron chi connectivity index (χ3n) is 4.60. The topological polar surface area (TPSA) is 59.4 Å². The van der Waals surface area contributed by atoms with E-state index in [1.54, 1.807) is 41.3 Å². The number of amides is 1. The molecule has 0 saturated heterocycles. The van der Waals surface area contributed by atoms with E-state index in [2.05, 4.69) is 22.6 Å². The molecule has 1 aromatic heterocycles. The summed E-state index contributed by atoms with van der Waals surface area (Å²) >= 11 is 2.15. The maximum atomic E-state index is 13.3. The molecule has 0 fully saturated rings. The summed E-state index contributed by atoms with van der Waals surface area (Å²) in [5.41, 5.74) is 1.91. The molecule has 2 aromatic carbocycles. The normalized spacial score (nSPS) is 11.7. The molecule has 0 radical (unpaired) electrons. The highest BCUT2D eigenvalue weighted by Crippen LogP contribution is 2.30. The summed E-state index contributed by atoms with van der Waals surface area (Å²) in [6, 6.07) is 12.1. The second-order valence-electron chi connectivity index (χ2n) is 6.27. The molecule has 0 bridgehead atoms. The van der Waals surface area contributed by atoms with Gasteiger partial charge in [-0.2, -0.15) is 0 Å². The fourth-order valence-corrected chi connectivity index (χ4v) is 5.22. The van der Waals surface area contributed by atoms with Gasteiger partial charge in [-0.05, 0) is 67.6 Å². The van der Waals surface area contributed by atoms with Crippen LogP contribution < -0.4 is 0 Å². The van der Waals surface area contributed by atoms with Gasteiger partial charge in [-0.3, -0.25) is 4.79 Å². The molecule has 142 valence electrons. The van der Waals surface area contributed by atoms with Crippen molar-refractivity contribution in [2.24, 2.45) is 0 Å². The fourth-order valence-electron chi connectivity index (χ4n) is 3.08. The van der Waals surface area contributed by atoms with Crippen molar-refractivity contribution in [3.8, 4) is 0 Å². The van der Waals surface area contributed by atoms with Crippen LogP contribution in [0.5, 0.6) is 0 Å². The van der Waals surface area contributed by atoms with Crippen LogP contribution in [-0.2, 0) is 10.0 Å². The number of nitrogens with zero attached hydrogens (tertiary/aromatic N) is 2. The monoisotopic (exact) mass is 496 g/mol. The lowest BCUT2D eigenvalue weighted by atomic mass is 10.1. The largest absolute Gasteiger partial charge is 0.339 e. The highest BCUT2D eigenvalue weighted by Gasteiger charge is 2.26. The molecule has 0 N–H and O–H groups in total. The lowest BCUT2D eigenvalue weighted by Crippen LogP contribution is -2.30. The van der Waals surface area contributed by atoms with E-state index in [1.165, 1.54) is 10.2 Å². The van der Waals surface area contributed by atoms with Gasteiger partial charge in [0.25, 0.3) is 15.9 Å². The van der Waals surface area contributed by atoms with Gasteiger partial charge in [-0.15, -0.1) is 0 Å². The van der Waals surface area contributed by atoms with Crippen molar-refractivity contribution in [3.63, 3.8) is 0 Å². The number of fused-ring (bicyclic) bond motifs is 1. The van der Waals surface area contributed by atoms with Gasteiger partial charge < -0.3 is 4.90 Å². The van der Waals surface area contributed by atoms with Crippen molar-refractivity contribution in [3.05, 3.63) is 63.4 Å². The Morgan fingerprint density at radius 1 is 1.07 bits per heavy atom. The van der Waals surface area contributed by atoms with Gasteiger partial charge in [0.15, 0.2) is 0 Å². The van der Waals surface area contributed by atoms with Crippen LogP contribution in [0.1, 0.15) is 29.8 Å². The van der Waals surface area contributed by atoms with Gasteiger partial charge >= 0.3 is 0 Å². The van der Waals surface area contributed by atoms with Crippen LogP contribution in [0.25, 0.3) is 10.9 Å². The van der Waals surface area contributed by atoms with Gasteiger partial charge in [-0.1, -0.05) is 23.8 Å². The molecule has 1 amide bonds. The molecule has 3 aromatic rings. The lowest BCUT2D eigenvalue weighted by Gasteiger charge is -2.18. The van der Waals surface area contributed by atoms with Crippen molar-refractivity contribution in [2.45, 2.75) is 25.7 Å². The Kier molecular flexibility index (Phi) is 5.62. The maximum absolute atomic E-state index is 13.3. The smallest absolute Gasteiger partial charge is 0.268 e. The lowest BCUT2D eigenvalue weighted by molar-refractivity contribution is 0.0775. The average molecular weight is 496 g/mol. The predicted molar refractivity (Wildman–Crippen MR) is 116 cm³/mol. The third-order valence-corrected chi connectivity index (χ3v) is 7.19. The summed E-state index contributed by atoms with van der Waals surface area (Å²) in [5, 5.41) is 0.672. The van der Waals surface area contributed by atoms with Crippen LogP contribution in [0, 0.1) is 10.5 Å². The van der Waals surface area contributed by atoms with Crippen molar-refractivity contribution in [1.29, 1.82) is 0 Å². The number of carbonyl (C=O) groups is 1. The first kappa shape index (κ1) is 19.9. The third kappa shape index (κ3) is 3.50. The van der Waals surface area contributed by atoms with Gasteiger partial charge in [0.2, 0.25) is 0 Å². The van der Waals surface area contributed by atoms with Crippen LogP contribution in [0.15, 0.2) is 53.6 Å². The van der Waals surface area contributed by atoms with Crippen molar-refractivity contribution in [2.75, 3.05) is 13.1 Å². The van der Waals surface area contributed by atoms with Gasteiger partial charge in [-0.25, -0.2) is 12.4 Å². The van der Waals surface area contributed by atoms with E-state index in [-0.39, 0.29) is 10.8 Å². The zero-order chi connectivity index (χ0) is 19.8. The second-order valence-corrected chi connectivity index (χ2v) is 9.25.